The number of halogens is 3. The second kappa shape index (κ2) is 14.6. The zero-order chi connectivity index (χ0) is 21.2. The number of alkyl halides is 2. The van der Waals surface area contributed by atoms with Crippen LogP contribution in [0.15, 0.2) is 46.9 Å². The largest absolute Gasteiger partial charge is 1.00 e. The third-order valence-corrected chi connectivity index (χ3v) is 6.80. The maximum atomic E-state index is 13.8. The summed E-state index contributed by atoms with van der Waals surface area (Å²) >= 11 is 4.43. The third-order valence-electron chi connectivity index (χ3n) is 3.49. The summed E-state index contributed by atoms with van der Waals surface area (Å²) in [5.74, 6) is 1.02. The summed E-state index contributed by atoms with van der Waals surface area (Å²) in [5.41, 5.74) is -3.03. The first kappa shape index (κ1) is 35.2. The Morgan fingerprint density at radius 3 is 2.13 bits per heavy atom. The van der Waals surface area contributed by atoms with Crippen molar-refractivity contribution < 1.29 is 125 Å². The van der Waals surface area contributed by atoms with Crippen LogP contribution in [0.3, 0.4) is 0 Å². The van der Waals surface area contributed by atoms with Crippen molar-refractivity contribution in [3.8, 4) is 0 Å². The van der Waals surface area contributed by atoms with Crippen molar-refractivity contribution in [2.24, 2.45) is 0 Å². The fourth-order valence-electron chi connectivity index (χ4n) is 2.27. The van der Waals surface area contributed by atoms with Gasteiger partial charge in [-0.1, -0.05) is 40.2 Å². The van der Waals surface area contributed by atoms with Crippen molar-refractivity contribution >= 4 is 51.0 Å². The molecular weight excluding hydrogens is 568 g/mol. The minimum Gasteiger partial charge on any atom is -1.00 e. The molecule has 0 unspecified atom stereocenters. The van der Waals surface area contributed by atoms with Gasteiger partial charge in [-0.2, -0.15) is 20.5 Å². The van der Waals surface area contributed by atoms with Gasteiger partial charge in [0.1, 0.15) is 0 Å². The maximum absolute atomic E-state index is 13.8. The summed E-state index contributed by atoms with van der Waals surface area (Å²) in [6.07, 6.45) is 1.06. The van der Waals surface area contributed by atoms with Crippen LogP contribution in [0.4, 0.5) is 14.5 Å². The van der Waals surface area contributed by atoms with Gasteiger partial charge in [-0.15, -0.1) is 0 Å². The number of hydrogen-bond acceptors (Lipinski definition) is 4. The zero-order valence-corrected chi connectivity index (χ0v) is 27.6. The van der Waals surface area contributed by atoms with Crippen LogP contribution in [0, 0.1) is 0 Å². The van der Waals surface area contributed by atoms with Gasteiger partial charge in [0.15, 0.2) is 0 Å². The first-order valence-electron chi connectivity index (χ1n) is 7.66. The summed E-state index contributed by atoms with van der Waals surface area (Å²) < 4.78 is 63.6. The predicted octanol–water partition coefficient (Wildman–Crippen LogP) is -4.17. The van der Waals surface area contributed by atoms with Crippen LogP contribution in [-0.2, 0) is 31.8 Å². The number of sulfonamides is 1. The van der Waals surface area contributed by atoms with E-state index in [1.165, 1.54) is 23.9 Å². The van der Waals surface area contributed by atoms with Crippen LogP contribution in [0.25, 0.3) is 0 Å². The van der Waals surface area contributed by atoms with Gasteiger partial charge >= 0.3 is 102 Å². The molecule has 0 atom stereocenters. The number of rotatable bonds is 8. The molecule has 0 fully saturated rings. The molecular formula is C16H20BrF2NNa3O5PS2. The van der Waals surface area contributed by atoms with Gasteiger partial charge in [-0.05, 0) is 29.3 Å². The fourth-order valence-corrected chi connectivity index (χ4v) is 5.10. The number of benzene rings is 2. The second-order valence-electron chi connectivity index (χ2n) is 5.97. The fraction of sp³-hybridized carbons (Fsp3) is 0.250. The molecule has 0 heterocycles. The van der Waals surface area contributed by atoms with E-state index >= 15 is 0 Å². The molecule has 3 N–H and O–H groups in total. The summed E-state index contributed by atoms with van der Waals surface area (Å²) in [4.78, 5) is 17.7. The molecule has 0 radical (unpaired) electrons. The Morgan fingerprint density at radius 1 is 1.10 bits per heavy atom. The molecule has 6 nitrogen and oxygen atoms in total. The van der Waals surface area contributed by atoms with Gasteiger partial charge in [0, 0.05) is 27.2 Å². The molecule has 0 aliphatic rings. The van der Waals surface area contributed by atoms with E-state index < -0.39 is 28.8 Å². The van der Waals surface area contributed by atoms with Crippen molar-refractivity contribution in [1.29, 1.82) is 0 Å². The monoisotopic (exact) mass is 587 g/mol. The normalized spacial score (nSPS) is 11.5. The molecule has 31 heavy (non-hydrogen) atoms. The van der Waals surface area contributed by atoms with Gasteiger partial charge in [-0.3, -0.25) is 9.29 Å². The predicted molar refractivity (Wildman–Crippen MR) is 113 cm³/mol. The van der Waals surface area contributed by atoms with E-state index in [0.717, 1.165) is 17.9 Å². The molecule has 2 rings (SSSR count). The van der Waals surface area contributed by atoms with E-state index in [4.69, 9.17) is 9.79 Å². The number of anilines is 1. The molecule has 2 aromatic carbocycles. The van der Waals surface area contributed by atoms with Gasteiger partial charge in [0.25, 0.3) is 0 Å². The van der Waals surface area contributed by atoms with Gasteiger partial charge in [0.05, 0.1) is 6.26 Å². The summed E-state index contributed by atoms with van der Waals surface area (Å²) in [6.45, 7) is 0. The van der Waals surface area contributed by atoms with Gasteiger partial charge in [0.2, 0.25) is 10.0 Å². The van der Waals surface area contributed by atoms with Crippen molar-refractivity contribution in [3.63, 3.8) is 0 Å². The van der Waals surface area contributed by atoms with Crippen LogP contribution < -0.4 is 93.4 Å². The van der Waals surface area contributed by atoms with Crippen LogP contribution in [-0.4, -0.2) is 24.5 Å². The summed E-state index contributed by atoms with van der Waals surface area (Å²) in [6, 6.07) is 10.7. The zero-order valence-electron chi connectivity index (χ0n) is 20.5. The minimum absolute atomic E-state index is 0. The first-order valence-corrected chi connectivity index (χ1v) is 13.1. The van der Waals surface area contributed by atoms with E-state index in [1.807, 2.05) is 6.07 Å². The van der Waals surface area contributed by atoms with E-state index in [-0.39, 0.29) is 97.4 Å². The third kappa shape index (κ3) is 11.1. The molecule has 0 amide bonds. The van der Waals surface area contributed by atoms with E-state index in [2.05, 4.69) is 20.7 Å². The Kier molecular flexibility index (Phi) is 16.5. The summed E-state index contributed by atoms with van der Waals surface area (Å²) in [5, 5.41) is 0. The molecule has 0 aromatic heterocycles. The van der Waals surface area contributed by atoms with Crippen LogP contribution in [0.1, 0.15) is 21.0 Å². The van der Waals surface area contributed by atoms with Crippen molar-refractivity contribution in [3.05, 3.63) is 63.6 Å². The topological polar surface area (TPSA) is 104 Å². The molecule has 2 aromatic rings. The Labute approximate surface area is 263 Å². The molecule has 0 saturated heterocycles. The average molecular weight is 588 g/mol. The Morgan fingerprint density at radius 2 is 1.65 bits per heavy atom. The average Bonchev–Trinajstić information content (AvgIpc) is 2.52. The van der Waals surface area contributed by atoms with Crippen molar-refractivity contribution in [2.45, 2.75) is 17.2 Å². The number of nitrogens with one attached hydrogen (secondary N) is 1. The maximum Gasteiger partial charge on any atom is 1.00 e. The SMILES string of the molecule is CS(=O)(=O)Nc1cccc(CSCc2ccc(C(F)(F)P(=O)(O)O)c(Br)c2)c1.[H-].[H-].[H-].[Na+].[Na+].[Na+]. The van der Waals surface area contributed by atoms with Gasteiger partial charge < -0.3 is 14.1 Å². The number of thioether (sulfide) groups is 1. The summed E-state index contributed by atoms with van der Waals surface area (Å²) in [7, 11) is -9.00. The molecule has 0 aliphatic heterocycles. The minimum atomic E-state index is -5.63. The number of hydrogen-bond donors (Lipinski definition) is 3. The first-order chi connectivity index (χ1) is 12.8. The van der Waals surface area contributed by atoms with Crippen molar-refractivity contribution in [2.75, 3.05) is 11.0 Å². The van der Waals surface area contributed by atoms with Gasteiger partial charge in [-0.25, -0.2) is 8.42 Å². The van der Waals surface area contributed by atoms with Crippen LogP contribution in [0.2, 0.25) is 0 Å². The standard InChI is InChI=1S/C16H17BrF2NO5PS2.3Na.3H/c1-28(24,25)20-13-4-2-3-11(7-13)9-27-10-12-5-6-14(15(17)8-12)16(18,19)26(21,22)23;;;;;;/h2-8,20H,9-10H2,1H3,(H2,21,22,23);;;;;;/q;3*+1;3*-1. The smallest absolute Gasteiger partial charge is 1.00 e. The van der Waals surface area contributed by atoms with E-state index in [1.54, 1.807) is 18.2 Å². The van der Waals surface area contributed by atoms with Crippen LogP contribution in [0.5, 0.6) is 0 Å². The van der Waals surface area contributed by atoms with E-state index in [9.17, 15) is 21.8 Å². The Balaban J connectivity index is -0.000000467. The second-order valence-corrected chi connectivity index (χ2v) is 11.2. The molecule has 160 valence electrons. The molecule has 0 aliphatic carbocycles. The quantitative estimate of drug-likeness (QED) is 0.214. The van der Waals surface area contributed by atoms with Crippen LogP contribution >= 0.6 is 35.3 Å². The Hall–Kier alpha value is 2.03. The molecule has 15 heteroatoms. The molecule has 0 saturated carbocycles. The van der Waals surface area contributed by atoms with Crippen molar-refractivity contribution in [1.82, 2.24) is 0 Å². The molecule has 0 spiro atoms. The Bertz CT molecular complexity index is 1040. The molecule has 0 bridgehead atoms. The van der Waals surface area contributed by atoms with E-state index in [0.29, 0.717) is 22.8 Å².